The highest BCUT2D eigenvalue weighted by Crippen LogP contribution is 2.06. The predicted molar refractivity (Wildman–Crippen MR) is 45.3 cm³/mol. The van der Waals surface area contributed by atoms with Gasteiger partial charge in [0.2, 0.25) is 0 Å². The summed E-state index contributed by atoms with van der Waals surface area (Å²) in [6.07, 6.45) is 0. The van der Waals surface area contributed by atoms with Gasteiger partial charge in [0.25, 0.3) is 0 Å². The van der Waals surface area contributed by atoms with Gasteiger partial charge in [0, 0.05) is 0 Å². The Labute approximate surface area is 74.1 Å². The van der Waals surface area contributed by atoms with Crippen LogP contribution in [0.25, 0.3) is 0 Å². The third kappa shape index (κ3) is 6.02. The highest BCUT2D eigenvalue weighted by atomic mass is 35.7. The summed E-state index contributed by atoms with van der Waals surface area (Å²) in [4.78, 5) is 0. The van der Waals surface area contributed by atoms with Gasteiger partial charge in [-0.05, 0) is 0 Å². The van der Waals surface area contributed by atoms with Crippen LogP contribution in [0.5, 0.6) is 0 Å². The molecule has 0 fully saturated rings. The summed E-state index contributed by atoms with van der Waals surface area (Å²) in [5.74, 6) is 0. The van der Waals surface area contributed by atoms with Gasteiger partial charge in [0.15, 0.2) is 0 Å². The smallest absolute Gasteiger partial charge is 0.612 e. The maximum Gasteiger partial charge on any atom is 0.694 e. The lowest BCUT2D eigenvalue weighted by Crippen LogP contribution is -2.20. The SMILES string of the molecule is C[CH2][Al]([CH2]C)[O][Al]([Cl])[Cl]. The van der Waals surface area contributed by atoms with Crippen LogP contribution in [0.2, 0.25) is 10.6 Å². The van der Waals surface area contributed by atoms with Crippen LogP contribution in [0.3, 0.4) is 0 Å². The summed E-state index contributed by atoms with van der Waals surface area (Å²) < 4.78 is 5.36. The first-order valence-corrected chi connectivity index (χ1v) is 9.21. The summed E-state index contributed by atoms with van der Waals surface area (Å²) in [5.41, 5.74) is 0. The fraction of sp³-hybridized carbons (Fsp3) is 1.00. The van der Waals surface area contributed by atoms with Crippen molar-refractivity contribution in [2.45, 2.75) is 24.4 Å². The van der Waals surface area contributed by atoms with Crippen LogP contribution in [-0.4, -0.2) is 27.1 Å². The van der Waals surface area contributed by atoms with E-state index in [-0.39, 0.29) is 0 Å². The molecular weight excluding hydrogens is 189 g/mol. The van der Waals surface area contributed by atoms with E-state index in [1.165, 1.54) is 0 Å². The van der Waals surface area contributed by atoms with E-state index < -0.39 is 27.1 Å². The van der Waals surface area contributed by atoms with Crippen LogP contribution in [0.4, 0.5) is 0 Å². The van der Waals surface area contributed by atoms with E-state index in [1.807, 2.05) is 0 Å². The van der Waals surface area contributed by atoms with Crippen molar-refractivity contribution in [3.05, 3.63) is 0 Å². The zero-order chi connectivity index (χ0) is 7.28. The molecule has 9 heavy (non-hydrogen) atoms. The zero-order valence-corrected chi connectivity index (χ0v) is 9.55. The molecule has 0 atom stereocenters. The fourth-order valence-electron chi connectivity index (χ4n) is 0.627. The van der Waals surface area contributed by atoms with E-state index in [9.17, 15) is 0 Å². The molecule has 0 rings (SSSR count). The van der Waals surface area contributed by atoms with Gasteiger partial charge in [-0.1, -0.05) is 24.4 Å². The minimum Gasteiger partial charge on any atom is -0.612 e. The van der Waals surface area contributed by atoms with Crippen molar-refractivity contribution in [3.63, 3.8) is 0 Å². The third-order valence-corrected chi connectivity index (χ3v) is 7.24. The molecule has 0 aliphatic heterocycles. The van der Waals surface area contributed by atoms with Gasteiger partial charge in [0.05, 0.1) is 0 Å². The molecule has 0 bridgehead atoms. The van der Waals surface area contributed by atoms with Crippen molar-refractivity contribution in [2.24, 2.45) is 0 Å². The average molecular weight is 199 g/mol. The number of rotatable bonds is 4. The summed E-state index contributed by atoms with van der Waals surface area (Å²) in [6, 6.07) is 0. The summed E-state index contributed by atoms with van der Waals surface area (Å²) in [6.45, 7) is 4.26. The van der Waals surface area contributed by atoms with E-state index in [2.05, 4.69) is 13.8 Å². The first-order chi connectivity index (χ1) is 4.20. The van der Waals surface area contributed by atoms with Crippen LogP contribution in [0, 0.1) is 0 Å². The predicted octanol–water partition coefficient (Wildman–Crippen LogP) is 2.50. The molecule has 5 heteroatoms. The number of hydrogen-bond donors (Lipinski definition) is 0. The molecule has 0 saturated carbocycles. The first kappa shape index (κ1) is 10.6. The van der Waals surface area contributed by atoms with Gasteiger partial charge < -0.3 is 2.84 Å². The minimum atomic E-state index is -1.76. The van der Waals surface area contributed by atoms with Crippen LogP contribution in [0.1, 0.15) is 13.8 Å². The molecule has 52 valence electrons. The number of halogens is 2. The van der Waals surface area contributed by atoms with Crippen molar-refractivity contribution in [1.29, 1.82) is 0 Å². The molecule has 0 heterocycles. The molecule has 0 aliphatic carbocycles. The molecule has 0 N–H and O–H groups in total. The van der Waals surface area contributed by atoms with Gasteiger partial charge in [0.1, 0.15) is 0 Å². The molecule has 0 aliphatic rings. The minimum absolute atomic E-state index is 0.952. The van der Waals surface area contributed by atoms with E-state index in [0.717, 1.165) is 10.6 Å². The van der Waals surface area contributed by atoms with Crippen molar-refractivity contribution < 1.29 is 2.84 Å². The Morgan fingerprint density at radius 1 is 1.22 bits per heavy atom. The second kappa shape index (κ2) is 6.32. The molecule has 0 spiro atoms. The van der Waals surface area contributed by atoms with Crippen molar-refractivity contribution in [1.82, 2.24) is 0 Å². The van der Waals surface area contributed by atoms with Gasteiger partial charge in [-0.25, -0.2) is 20.1 Å². The standard InChI is InChI=1S/2C2H5.2Al.2ClH.O/c2*1-2;;;;;/h2*1H2,2H3;;;2*1H;/q;;;+2;;;/p-2. The van der Waals surface area contributed by atoms with Gasteiger partial charge in [-0.2, -0.15) is 0 Å². The molecule has 0 aromatic rings. The Kier molecular flexibility index (Phi) is 7.45. The Hall–Kier alpha value is 1.60. The highest BCUT2D eigenvalue weighted by Gasteiger charge is 2.22. The van der Waals surface area contributed by atoms with Crippen LogP contribution in [0.15, 0.2) is 0 Å². The summed E-state index contributed by atoms with van der Waals surface area (Å²) >= 11 is -2.71. The molecular formula is C4H10Al2Cl2O. The fourth-order valence-corrected chi connectivity index (χ4v) is 6.53. The highest BCUT2D eigenvalue weighted by molar-refractivity contribution is 7.31. The lowest BCUT2D eigenvalue weighted by Gasteiger charge is -2.07. The Bertz CT molecular complexity index is 67.6. The number of hydrogen-bond acceptors (Lipinski definition) is 1. The van der Waals surface area contributed by atoms with Crippen LogP contribution in [-0.2, 0) is 2.84 Å². The van der Waals surface area contributed by atoms with Crippen LogP contribution >= 0.6 is 20.1 Å². The maximum absolute atomic E-state index is 5.55. The Morgan fingerprint density at radius 3 is 1.78 bits per heavy atom. The molecule has 1 nitrogen and oxygen atoms in total. The molecule has 0 amide bonds. The third-order valence-electron chi connectivity index (χ3n) is 1.21. The second-order valence-electron chi connectivity index (χ2n) is 1.84. The second-order valence-corrected chi connectivity index (χ2v) is 9.37. The van der Waals surface area contributed by atoms with E-state index in [1.54, 1.807) is 0 Å². The van der Waals surface area contributed by atoms with E-state index >= 15 is 0 Å². The Morgan fingerprint density at radius 2 is 1.67 bits per heavy atom. The zero-order valence-electron chi connectivity index (χ0n) is 5.73. The van der Waals surface area contributed by atoms with Gasteiger partial charge in [-0.15, -0.1) is 0 Å². The van der Waals surface area contributed by atoms with Crippen molar-refractivity contribution >= 4 is 47.2 Å². The summed E-state index contributed by atoms with van der Waals surface area (Å²) in [7, 11) is 11.1. The van der Waals surface area contributed by atoms with E-state index in [4.69, 9.17) is 22.9 Å². The lowest BCUT2D eigenvalue weighted by atomic mass is 10.9. The van der Waals surface area contributed by atoms with Crippen molar-refractivity contribution in [3.8, 4) is 0 Å². The molecule has 0 aromatic heterocycles. The quantitative estimate of drug-likeness (QED) is 0.632. The van der Waals surface area contributed by atoms with Gasteiger partial charge >= 0.3 is 27.1 Å². The Balaban J connectivity index is 3.31. The molecule has 0 unspecified atom stereocenters. The topological polar surface area (TPSA) is 9.23 Å². The first-order valence-electron chi connectivity index (χ1n) is 3.14. The monoisotopic (exact) mass is 198 g/mol. The average Bonchev–Trinajstić information content (AvgIpc) is 1.82. The maximum atomic E-state index is 5.55. The normalized spacial score (nSPS) is 9.33. The summed E-state index contributed by atoms with van der Waals surface area (Å²) in [5, 5.41) is 2.28. The largest absolute Gasteiger partial charge is 0.694 e. The van der Waals surface area contributed by atoms with E-state index in [0.29, 0.717) is 0 Å². The van der Waals surface area contributed by atoms with Crippen LogP contribution < -0.4 is 0 Å². The van der Waals surface area contributed by atoms with Gasteiger partial charge in [-0.3, -0.25) is 0 Å². The lowest BCUT2D eigenvalue weighted by molar-refractivity contribution is 0.615. The molecule has 0 saturated heterocycles. The van der Waals surface area contributed by atoms with Crippen molar-refractivity contribution in [2.75, 3.05) is 0 Å². The molecule has 0 radical (unpaired) electrons. The molecule has 0 aromatic carbocycles.